The minimum atomic E-state index is -4.08. The average Bonchev–Trinajstić information content (AvgIpc) is 2.89. The molecule has 0 aliphatic carbocycles. The summed E-state index contributed by atoms with van der Waals surface area (Å²) in [5, 5.41) is 2.98. The number of carbonyl (C=O) groups is 2. The molecule has 2 amide bonds. The van der Waals surface area contributed by atoms with E-state index in [1.54, 1.807) is 42.5 Å². The van der Waals surface area contributed by atoms with E-state index in [9.17, 15) is 18.0 Å². The number of benzene rings is 3. The number of nitrogens with one attached hydrogen (secondary N) is 1. The van der Waals surface area contributed by atoms with Gasteiger partial charge >= 0.3 is 0 Å². The van der Waals surface area contributed by atoms with Crippen molar-refractivity contribution in [1.29, 1.82) is 0 Å². The van der Waals surface area contributed by atoms with Crippen LogP contribution < -0.4 is 9.62 Å². The predicted octanol–water partition coefficient (Wildman–Crippen LogP) is 5.41. The summed E-state index contributed by atoms with van der Waals surface area (Å²) in [6.07, 6.45) is 0.902. The van der Waals surface area contributed by atoms with Crippen LogP contribution in [-0.4, -0.2) is 49.8 Å². The molecular weight excluding hydrogens is 578 g/mol. The van der Waals surface area contributed by atoms with Crippen molar-refractivity contribution in [2.45, 2.75) is 57.0 Å². The molecule has 208 valence electrons. The van der Waals surface area contributed by atoms with E-state index >= 15 is 0 Å². The minimum Gasteiger partial charge on any atom is -0.350 e. The van der Waals surface area contributed by atoms with Crippen molar-refractivity contribution in [2.24, 2.45) is 0 Å². The molecule has 1 N–H and O–H groups in total. The fraction of sp³-hybridized carbons (Fsp3) is 0.333. The van der Waals surface area contributed by atoms with Crippen LogP contribution in [-0.2, 0) is 26.0 Å². The van der Waals surface area contributed by atoms with Gasteiger partial charge in [-0.3, -0.25) is 13.9 Å². The van der Waals surface area contributed by atoms with Crippen molar-refractivity contribution in [3.8, 4) is 0 Å². The molecule has 3 aromatic rings. The summed E-state index contributed by atoms with van der Waals surface area (Å²) in [5.41, 5.74) is 0.872. The quantitative estimate of drug-likeness (QED) is 0.313. The number of hydrogen-bond acceptors (Lipinski definition) is 4. The first-order valence-corrected chi connectivity index (χ1v) is 15.1. The van der Waals surface area contributed by atoms with Crippen LogP contribution in [0.15, 0.2) is 94.3 Å². The fourth-order valence-corrected chi connectivity index (χ4v) is 6.04. The zero-order valence-electron chi connectivity index (χ0n) is 22.8. The van der Waals surface area contributed by atoms with Gasteiger partial charge in [0.1, 0.15) is 12.6 Å². The number of nitrogens with zero attached hydrogens (tertiary/aromatic N) is 2. The van der Waals surface area contributed by atoms with Gasteiger partial charge in [-0.25, -0.2) is 8.42 Å². The number of anilines is 1. The summed E-state index contributed by atoms with van der Waals surface area (Å²) in [6, 6.07) is 23.8. The van der Waals surface area contributed by atoms with Gasteiger partial charge in [0.05, 0.1) is 10.6 Å². The van der Waals surface area contributed by atoms with Crippen molar-refractivity contribution in [1.82, 2.24) is 10.2 Å². The second-order valence-electron chi connectivity index (χ2n) is 10.3. The molecule has 0 spiro atoms. The topological polar surface area (TPSA) is 86.8 Å². The molecule has 3 aromatic carbocycles. The lowest BCUT2D eigenvalue weighted by molar-refractivity contribution is -0.140. The lowest BCUT2D eigenvalue weighted by Gasteiger charge is -2.34. The van der Waals surface area contributed by atoms with E-state index in [1.165, 1.54) is 17.0 Å². The minimum absolute atomic E-state index is 0.0751. The molecular formula is C30H36BrN3O4S. The maximum absolute atomic E-state index is 14.0. The SMILES string of the molecule is CCC(C(=O)NC(C)(C)C)N(CCc1ccccc1)C(=O)CN(c1cccc(Br)c1)S(=O)(=O)c1ccccc1. The highest BCUT2D eigenvalue weighted by Gasteiger charge is 2.34. The van der Waals surface area contributed by atoms with Crippen molar-refractivity contribution in [2.75, 3.05) is 17.4 Å². The molecule has 0 heterocycles. The van der Waals surface area contributed by atoms with Crippen molar-refractivity contribution < 1.29 is 18.0 Å². The molecule has 0 saturated heterocycles. The van der Waals surface area contributed by atoms with Gasteiger partial charge in [-0.2, -0.15) is 0 Å². The number of rotatable bonds is 11. The van der Waals surface area contributed by atoms with Crippen LogP contribution >= 0.6 is 15.9 Å². The monoisotopic (exact) mass is 613 g/mol. The summed E-state index contributed by atoms with van der Waals surface area (Å²) < 4.78 is 29.4. The van der Waals surface area contributed by atoms with Crippen LogP contribution in [0.5, 0.6) is 0 Å². The third-order valence-electron chi connectivity index (χ3n) is 6.07. The Hall–Kier alpha value is -3.17. The third-order valence-corrected chi connectivity index (χ3v) is 8.36. The van der Waals surface area contributed by atoms with Crippen molar-refractivity contribution >= 4 is 43.5 Å². The largest absolute Gasteiger partial charge is 0.350 e. The highest BCUT2D eigenvalue weighted by molar-refractivity contribution is 9.10. The maximum atomic E-state index is 14.0. The van der Waals surface area contributed by atoms with Crippen molar-refractivity contribution in [3.05, 3.63) is 95.0 Å². The molecule has 9 heteroatoms. The van der Waals surface area contributed by atoms with E-state index in [1.807, 2.05) is 58.0 Å². The Kier molecular flexibility index (Phi) is 10.3. The molecule has 0 bridgehead atoms. The molecule has 0 fully saturated rings. The van der Waals surface area contributed by atoms with Crippen LogP contribution in [0.25, 0.3) is 0 Å². The molecule has 39 heavy (non-hydrogen) atoms. The van der Waals surface area contributed by atoms with E-state index in [4.69, 9.17) is 0 Å². The van der Waals surface area contributed by atoms with Crippen molar-refractivity contribution in [3.63, 3.8) is 0 Å². The molecule has 1 unspecified atom stereocenters. The van der Waals surface area contributed by atoms with Gasteiger partial charge in [0.15, 0.2) is 0 Å². The summed E-state index contributed by atoms with van der Waals surface area (Å²) in [6.45, 7) is 7.31. The Morgan fingerprint density at radius 1 is 0.923 bits per heavy atom. The molecule has 0 aromatic heterocycles. The van der Waals surface area contributed by atoms with E-state index in [0.29, 0.717) is 23.0 Å². The van der Waals surface area contributed by atoms with Crippen LogP contribution in [0.3, 0.4) is 0 Å². The van der Waals surface area contributed by atoms with Gasteiger partial charge in [0, 0.05) is 16.6 Å². The smallest absolute Gasteiger partial charge is 0.264 e. The van der Waals surface area contributed by atoms with Gasteiger partial charge in [0.2, 0.25) is 11.8 Å². The molecule has 1 atom stereocenters. The fourth-order valence-electron chi connectivity index (χ4n) is 4.23. The van der Waals surface area contributed by atoms with E-state index in [-0.39, 0.29) is 17.3 Å². The molecule has 0 saturated carbocycles. The van der Waals surface area contributed by atoms with Gasteiger partial charge in [-0.1, -0.05) is 77.5 Å². The molecule has 0 aliphatic rings. The summed E-state index contributed by atoms with van der Waals surface area (Å²) in [7, 11) is -4.08. The highest BCUT2D eigenvalue weighted by atomic mass is 79.9. The summed E-state index contributed by atoms with van der Waals surface area (Å²) in [4.78, 5) is 28.9. The molecule has 3 rings (SSSR count). The Morgan fingerprint density at radius 2 is 1.54 bits per heavy atom. The summed E-state index contributed by atoms with van der Waals surface area (Å²) in [5.74, 6) is -0.729. The van der Waals surface area contributed by atoms with Gasteiger partial charge in [0.25, 0.3) is 10.0 Å². The third kappa shape index (κ3) is 8.41. The first kappa shape index (κ1) is 30.4. The Morgan fingerprint density at radius 3 is 2.10 bits per heavy atom. The standard InChI is InChI=1S/C30H36BrN3O4S/c1-5-27(29(36)32-30(2,3)4)33(20-19-23-13-8-6-9-14-23)28(35)22-34(25-16-12-15-24(31)21-25)39(37,38)26-17-10-7-11-18-26/h6-18,21,27H,5,19-20,22H2,1-4H3,(H,32,36). The number of halogens is 1. The first-order valence-electron chi connectivity index (χ1n) is 12.9. The van der Waals surface area contributed by atoms with E-state index in [0.717, 1.165) is 9.87 Å². The number of sulfonamides is 1. The van der Waals surface area contributed by atoms with E-state index < -0.39 is 34.1 Å². The number of carbonyl (C=O) groups excluding carboxylic acids is 2. The highest BCUT2D eigenvalue weighted by Crippen LogP contribution is 2.27. The Balaban J connectivity index is 2.01. The normalized spacial score (nSPS) is 12.4. The van der Waals surface area contributed by atoms with E-state index in [2.05, 4.69) is 21.2 Å². The van der Waals surface area contributed by atoms with Gasteiger partial charge < -0.3 is 10.2 Å². The van der Waals surface area contributed by atoms with Crippen LogP contribution in [0.1, 0.15) is 39.7 Å². The lowest BCUT2D eigenvalue weighted by atomic mass is 10.1. The second-order valence-corrected chi connectivity index (χ2v) is 13.1. The summed E-state index contributed by atoms with van der Waals surface area (Å²) >= 11 is 3.41. The second kappa shape index (κ2) is 13.3. The van der Waals surface area contributed by atoms with Gasteiger partial charge in [-0.05, 0) is 69.5 Å². The number of amides is 2. The predicted molar refractivity (Wildman–Crippen MR) is 159 cm³/mol. The Labute approximate surface area is 240 Å². The number of hydrogen-bond donors (Lipinski definition) is 1. The zero-order valence-corrected chi connectivity index (χ0v) is 25.2. The average molecular weight is 615 g/mol. The Bertz CT molecular complexity index is 1360. The molecule has 7 nitrogen and oxygen atoms in total. The molecule has 0 radical (unpaired) electrons. The van der Waals surface area contributed by atoms with Gasteiger partial charge in [-0.15, -0.1) is 0 Å². The first-order chi connectivity index (χ1) is 18.4. The lowest BCUT2D eigenvalue weighted by Crippen LogP contribution is -2.56. The van der Waals surface area contributed by atoms with Crippen LogP contribution in [0, 0.1) is 0 Å². The molecule has 0 aliphatic heterocycles. The van der Waals surface area contributed by atoms with Crippen LogP contribution in [0.2, 0.25) is 0 Å². The van der Waals surface area contributed by atoms with Crippen LogP contribution in [0.4, 0.5) is 5.69 Å². The zero-order chi connectivity index (χ0) is 28.6. The maximum Gasteiger partial charge on any atom is 0.264 e.